The highest BCUT2D eigenvalue weighted by Gasteiger charge is 2.43. The van der Waals surface area contributed by atoms with Crippen LogP contribution in [0.5, 0.6) is 0 Å². The molecule has 0 radical (unpaired) electrons. The second-order valence-electron chi connectivity index (χ2n) is 30.7. The Balaban J connectivity index is 0.788. The summed E-state index contributed by atoms with van der Waals surface area (Å²) in [6, 6.07) is 110. The number of fused-ring (bicyclic) bond motifs is 6. The quantitative estimate of drug-likeness (QED) is 0.0905. The van der Waals surface area contributed by atoms with Gasteiger partial charge in [-0.15, -0.1) is 10.2 Å². The zero-order valence-electron chi connectivity index (χ0n) is 57.9. The van der Waals surface area contributed by atoms with Gasteiger partial charge in [0.05, 0.1) is 22.1 Å². The summed E-state index contributed by atoms with van der Waals surface area (Å²) in [4.78, 5) is 0. The van der Waals surface area contributed by atoms with Crippen LogP contribution in [0.1, 0.15) is 105 Å². The summed E-state index contributed by atoms with van der Waals surface area (Å²) in [6.07, 6.45) is 0. The molecule has 3 aromatic heterocycles. The Bertz CT molecular complexity index is 4810. The largest absolute Gasteiger partial charge is 0.416 e. The van der Waals surface area contributed by atoms with E-state index in [1.807, 2.05) is 0 Å². The van der Waals surface area contributed by atoms with Crippen molar-refractivity contribution in [1.82, 2.24) is 19.3 Å². The molecule has 7 heteroatoms. The molecular formula is C90H84N4OSi2. The van der Waals surface area contributed by atoms with Gasteiger partial charge in [0.1, 0.15) is 0 Å². The standard InChI is InChI=1S/C90H84N4OSi2/c1-87(2,3)63-37-53-81-77(57-63)78-58-64(88(4,5)6)38-54-82(78)93(81)67-41-49-75(50-42-67)96(69-25-17-13-18-26-69,70-27-19-14-20-28-70)73-45-33-61(34-46-73)85-91-92-86(95-85)62-35-47-74(48-36-62)97(71-29-21-15-22-30-71,72-31-23-16-24-32-72)76-51-43-68(44-52-76)94-83-55-39-65(89(7,8)9)59-79(83)80-60-66(90(10,11)12)40-56-84(80)94/h13-60H,1-12H3. The van der Waals surface area contributed by atoms with E-state index in [0.29, 0.717) is 11.8 Å². The van der Waals surface area contributed by atoms with Gasteiger partial charge in [-0.1, -0.05) is 277 Å². The average molecular weight is 1290 g/mol. The lowest BCUT2D eigenvalue weighted by atomic mass is 9.85. The average Bonchev–Trinajstić information content (AvgIpc) is 1.67. The number of rotatable bonds is 12. The van der Waals surface area contributed by atoms with Crippen LogP contribution in [0, 0.1) is 0 Å². The Labute approximate surface area is 573 Å². The molecule has 0 aliphatic carbocycles. The maximum Gasteiger partial charge on any atom is 0.248 e. The molecule has 0 atom stereocenters. The Kier molecular flexibility index (Phi) is 15.5. The van der Waals surface area contributed by atoms with Crippen molar-refractivity contribution in [3.63, 3.8) is 0 Å². The van der Waals surface area contributed by atoms with Crippen LogP contribution >= 0.6 is 0 Å². The van der Waals surface area contributed by atoms with Gasteiger partial charge in [0, 0.05) is 44.0 Å². The molecule has 0 unspecified atom stereocenters. The van der Waals surface area contributed by atoms with Gasteiger partial charge < -0.3 is 13.6 Å². The van der Waals surface area contributed by atoms with E-state index >= 15 is 0 Å². The maximum absolute atomic E-state index is 6.72. The summed E-state index contributed by atoms with van der Waals surface area (Å²) in [7, 11) is -5.92. The third-order valence-corrected chi connectivity index (χ3v) is 30.1. The molecule has 0 fully saturated rings. The fraction of sp³-hybridized carbons (Fsp3) is 0.178. The van der Waals surface area contributed by atoms with Crippen molar-refractivity contribution in [2.75, 3.05) is 0 Å². The SMILES string of the molecule is CC(C)(C)c1ccc2c(c1)c1cc(C(C)(C)C)ccc1n2-c1ccc([Si](c2ccccc2)(c2ccccc2)c2ccc(-c3nnc(-c4ccc([Si](c5ccccc5)(c5ccccc5)c5ccc(-n6c7ccc(C(C)(C)C)cc7c7cc(C(C)(C)C)ccc76)cc5)cc4)o3)cc2)cc1. The summed E-state index contributed by atoms with van der Waals surface area (Å²) in [5.41, 5.74) is 14.2. The predicted octanol–water partition coefficient (Wildman–Crippen LogP) is 17.5. The minimum atomic E-state index is -2.96. The van der Waals surface area contributed by atoms with Crippen LogP contribution in [-0.2, 0) is 21.7 Å². The van der Waals surface area contributed by atoms with Crippen molar-refractivity contribution in [3.8, 4) is 34.3 Å². The molecule has 0 saturated heterocycles. The zero-order chi connectivity index (χ0) is 67.2. The van der Waals surface area contributed by atoms with Crippen LogP contribution in [0.3, 0.4) is 0 Å². The number of aromatic nitrogens is 4. The molecule has 0 aliphatic heterocycles. The molecule has 0 N–H and O–H groups in total. The highest BCUT2D eigenvalue weighted by molar-refractivity contribution is 7.20. The lowest BCUT2D eigenvalue weighted by molar-refractivity contribution is 0.584. The van der Waals surface area contributed by atoms with E-state index in [1.54, 1.807) is 0 Å². The van der Waals surface area contributed by atoms with Crippen molar-refractivity contribution < 1.29 is 4.42 Å². The first-order valence-electron chi connectivity index (χ1n) is 34.3. The molecule has 0 amide bonds. The minimum Gasteiger partial charge on any atom is -0.416 e. The molecular weight excluding hydrogens is 1210 g/mol. The molecule has 478 valence electrons. The van der Waals surface area contributed by atoms with E-state index < -0.39 is 16.1 Å². The van der Waals surface area contributed by atoms with Crippen LogP contribution in [-0.4, -0.2) is 35.5 Å². The summed E-state index contributed by atoms with van der Waals surface area (Å²) < 4.78 is 11.6. The third kappa shape index (κ3) is 10.9. The minimum absolute atomic E-state index is 0.0158. The first-order chi connectivity index (χ1) is 46.6. The van der Waals surface area contributed by atoms with E-state index in [9.17, 15) is 0 Å². The Morgan fingerprint density at radius 3 is 0.691 bits per heavy atom. The summed E-state index contributed by atoms with van der Waals surface area (Å²) in [5, 5.41) is 25.0. The molecule has 97 heavy (non-hydrogen) atoms. The number of hydrogen-bond donors (Lipinski definition) is 0. The van der Waals surface area contributed by atoms with Gasteiger partial charge in [-0.05, 0) is 182 Å². The monoisotopic (exact) mass is 1290 g/mol. The van der Waals surface area contributed by atoms with Crippen molar-refractivity contribution >= 4 is 101 Å². The van der Waals surface area contributed by atoms with Crippen molar-refractivity contribution in [2.24, 2.45) is 0 Å². The Hall–Kier alpha value is -10.2. The van der Waals surface area contributed by atoms with E-state index in [0.717, 1.165) is 22.5 Å². The van der Waals surface area contributed by atoms with Crippen LogP contribution in [0.15, 0.2) is 296 Å². The summed E-state index contributed by atoms with van der Waals surface area (Å²) in [5.74, 6) is 0.948. The molecule has 12 aromatic carbocycles. The lowest BCUT2D eigenvalue weighted by Gasteiger charge is -2.34. The van der Waals surface area contributed by atoms with Crippen LogP contribution in [0.25, 0.3) is 77.9 Å². The smallest absolute Gasteiger partial charge is 0.248 e. The first kappa shape index (κ1) is 62.9. The molecule has 0 aliphatic rings. The lowest BCUT2D eigenvalue weighted by Crippen LogP contribution is -2.74. The molecule has 0 spiro atoms. The normalized spacial score (nSPS) is 12.7. The second-order valence-corrected chi connectivity index (χ2v) is 38.3. The third-order valence-electron chi connectivity index (χ3n) is 20.5. The first-order valence-corrected chi connectivity index (χ1v) is 38.3. The molecule has 15 aromatic rings. The second kappa shape index (κ2) is 23.9. The van der Waals surface area contributed by atoms with Crippen LogP contribution < -0.4 is 41.5 Å². The van der Waals surface area contributed by atoms with Crippen molar-refractivity contribution in [2.45, 2.75) is 105 Å². The van der Waals surface area contributed by atoms with Crippen molar-refractivity contribution in [3.05, 3.63) is 313 Å². The predicted molar refractivity (Wildman–Crippen MR) is 416 cm³/mol. The van der Waals surface area contributed by atoms with E-state index in [2.05, 4.69) is 383 Å². The van der Waals surface area contributed by atoms with Crippen LogP contribution in [0.2, 0.25) is 0 Å². The number of benzene rings is 12. The van der Waals surface area contributed by atoms with E-state index in [4.69, 9.17) is 14.6 Å². The maximum atomic E-state index is 6.72. The number of hydrogen-bond acceptors (Lipinski definition) is 3. The molecule has 15 rings (SSSR count). The zero-order valence-corrected chi connectivity index (χ0v) is 59.9. The van der Waals surface area contributed by atoms with E-state index in [-0.39, 0.29) is 21.7 Å². The van der Waals surface area contributed by atoms with Gasteiger partial charge in [-0.25, -0.2) is 0 Å². The fourth-order valence-corrected chi connectivity index (χ4v) is 24.6. The Morgan fingerprint density at radius 1 is 0.247 bits per heavy atom. The topological polar surface area (TPSA) is 48.8 Å². The fourth-order valence-electron chi connectivity index (χ4n) is 15.1. The highest BCUT2D eigenvalue weighted by Crippen LogP contribution is 2.40. The molecule has 0 bridgehead atoms. The molecule has 3 heterocycles. The Morgan fingerprint density at radius 2 is 0.464 bits per heavy atom. The van der Waals surface area contributed by atoms with Gasteiger partial charge in [-0.3, -0.25) is 0 Å². The number of nitrogens with zero attached hydrogens (tertiary/aromatic N) is 4. The van der Waals surface area contributed by atoms with Gasteiger partial charge in [0.15, 0.2) is 16.1 Å². The van der Waals surface area contributed by atoms with Gasteiger partial charge >= 0.3 is 0 Å². The molecule has 5 nitrogen and oxygen atoms in total. The van der Waals surface area contributed by atoms with Gasteiger partial charge in [-0.2, -0.15) is 0 Å². The highest BCUT2D eigenvalue weighted by atomic mass is 28.3. The van der Waals surface area contributed by atoms with Crippen LogP contribution in [0.4, 0.5) is 0 Å². The van der Waals surface area contributed by atoms with Crippen molar-refractivity contribution in [1.29, 1.82) is 0 Å². The van der Waals surface area contributed by atoms with Gasteiger partial charge in [0.2, 0.25) is 11.8 Å². The summed E-state index contributed by atoms with van der Waals surface area (Å²) >= 11 is 0. The molecule has 0 saturated carbocycles. The van der Waals surface area contributed by atoms with Gasteiger partial charge in [0.25, 0.3) is 0 Å². The van der Waals surface area contributed by atoms with E-state index in [1.165, 1.54) is 107 Å². The summed E-state index contributed by atoms with van der Waals surface area (Å²) in [6.45, 7) is 27.6.